The van der Waals surface area contributed by atoms with E-state index in [2.05, 4.69) is 22.6 Å². The summed E-state index contributed by atoms with van der Waals surface area (Å²) in [5, 5.41) is 6.35. The zero-order valence-corrected chi connectivity index (χ0v) is 12.3. The van der Waals surface area contributed by atoms with E-state index < -0.39 is 0 Å². The van der Waals surface area contributed by atoms with Crippen LogP contribution in [0.3, 0.4) is 0 Å². The van der Waals surface area contributed by atoms with E-state index in [0.717, 1.165) is 37.8 Å². The van der Waals surface area contributed by atoms with Crippen LogP contribution in [0, 0.1) is 5.92 Å². The second kappa shape index (κ2) is 8.02. The maximum absolute atomic E-state index is 11.9. The van der Waals surface area contributed by atoms with Crippen LogP contribution in [-0.2, 0) is 4.79 Å². The smallest absolute Gasteiger partial charge is 0.225 e. The number of para-hydroxylation sites is 1. The van der Waals surface area contributed by atoms with E-state index in [9.17, 15) is 4.79 Å². The van der Waals surface area contributed by atoms with Crippen molar-refractivity contribution < 1.29 is 4.79 Å². The summed E-state index contributed by atoms with van der Waals surface area (Å²) in [4.78, 5) is 14.1. The van der Waals surface area contributed by atoms with E-state index in [4.69, 9.17) is 0 Å². The number of hydrogen-bond donors (Lipinski definition) is 2. The number of carbonyl (C=O) groups excluding carboxylic acids is 1. The summed E-state index contributed by atoms with van der Waals surface area (Å²) in [5.41, 5.74) is 0.872. The van der Waals surface area contributed by atoms with Crippen LogP contribution in [-0.4, -0.2) is 44.0 Å². The number of anilines is 1. The molecule has 1 aromatic carbocycles. The van der Waals surface area contributed by atoms with E-state index in [-0.39, 0.29) is 5.91 Å². The Labute approximate surface area is 121 Å². The number of rotatable bonds is 6. The van der Waals surface area contributed by atoms with Crippen molar-refractivity contribution in [2.24, 2.45) is 5.92 Å². The highest BCUT2D eigenvalue weighted by Gasteiger charge is 2.15. The molecular formula is C16H25N3O. The monoisotopic (exact) mass is 275 g/mol. The van der Waals surface area contributed by atoms with E-state index in [0.29, 0.717) is 6.42 Å². The summed E-state index contributed by atoms with van der Waals surface area (Å²) >= 11 is 0. The molecule has 0 aliphatic carbocycles. The number of hydrogen-bond acceptors (Lipinski definition) is 3. The van der Waals surface area contributed by atoms with Crippen molar-refractivity contribution in [2.75, 3.05) is 38.5 Å². The van der Waals surface area contributed by atoms with E-state index in [1.165, 1.54) is 12.8 Å². The fraction of sp³-hybridized carbons (Fsp3) is 0.562. The highest BCUT2D eigenvalue weighted by atomic mass is 16.1. The van der Waals surface area contributed by atoms with Crippen molar-refractivity contribution in [2.45, 2.75) is 19.3 Å². The lowest BCUT2D eigenvalue weighted by Crippen LogP contribution is -2.37. The van der Waals surface area contributed by atoms with Gasteiger partial charge in [-0.2, -0.15) is 0 Å². The third-order valence-electron chi connectivity index (χ3n) is 3.75. The maximum Gasteiger partial charge on any atom is 0.225 e. The molecule has 0 aromatic heterocycles. The van der Waals surface area contributed by atoms with Crippen LogP contribution in [0.25, 0.3) is 0 Å². The Morgan fingerprint density at radius 2 is 2.20 bits per heavy atom. The first-order valence-electron chi connectivity index (χ1n) is 7.48. The lowest BCUT2D eigenvalue weighted by atomic mass is 9.99. The molecule has 4 heteroatoms. The molecule has 4 nitrogen and oxygen atoms in total. The molecule has 20 heavy (non-hydrogen) atoms. The van der Waals surface area contributed by atoms with Crippen molar-refractivity contribution in [3.8, 4) is 0 Å². The standard InChI is InChI=1S/C16H25N3O/c1-19(13-14-6-5-10-17-12-14)11-9-16(20)18-15-7-3-2-4-8-15/h2-4,7-8,14,17H,5-6,9-13H2,1H3,(H,18,20). The number of benzene rings is 1. The number of amides is 1. The van der Waals surface area contributed by atoms with Crippen molar-refractivity contribution >= 4 is 11.6 Å². The van der Waals surface area contributed by atoms with Crippen molar-refractivity contribution in [3.63, 3.8) is 0 Å². The molecule has 1 atom stereocenters. The molecule has 1 unspecified atom stereocenters. The van der Waals surface area contributed by atoms with E-state index >= 15 is 0 Å². The van der Waals surface area contributed by atoms with Crippen molar-refractivity contribution in [3.05, 3.63) is 30.3 Å². The number of piperidine rings is 1. The van der Waals surface area contributed by atoms with Crippen LogP contribution < -0.4 is 10.6 Å². The quantitative estimate of drug-likeness (QED) is 0.834. The van der Waals surface area contributed by atoms with E-state index in [1.807, 2.05) is 30.3 Å². The fourth-order valence-corrected chi connectivity index (χ4v) is 2.65. The van der Waals surface area contributed by atoms with Gasteiger partial charge in [-0.05, 0) is 51.0 Å². The highest BCUT2D eigenvalue weighted by molar-refractivity contribution is 5.90. The topological polar surface area (TPSA) is 44.4 Å². The number of nitrogens with zero attached hydrogens (tertiary/aromatic N) is 1. The van der Waals surface area contributed by atoms with Gasteiger partial charge in [0.05, 0.1) is 0 Å². The van der Waals surface area contributed by atoms with Gasteiger partial charge in [0, 0.05) is 25.2 Å². The Morgan fingerprint density at radius 3 is 2.90 bits per heavy atom. The highest BCUT2D eigenvalue weighted by Crippen LogP contribution is 2.11. The predicted octanol–water partition coefficient (Wildman–Crippen LogP) is 1.95. The van der Waals surface area contributed by atoms with Crippen LogP contribution in [0.1, 0.15) is 19.3 Å². The zero-order chi connectivity index (χ0) is 14.2. The summed E-state index contributed by atoms with van der Waals surface area (Å²) in [6, 6.07) is 9.63. The normalized spacial score (nSPS) is 19.0. The van der Waals surface area contributed by atoms with Crippen LogP contribution in [0.15, 0.2) is 30.3 Å². The van der Waals surface area contributed by atoms with Gasteiger partial charge in [0.1, 0.15) is 0 Å². The molecule has 1 fully saturated rings. The van der Waals surface area contributed by atoms with Gasteiger partial charge in [-0.15, -0.1) is 0 Å². The SMILES string of the molecule is CN(CCC(=O)Nc1ccccc1)CC1CCCNC1. The Morgan fingerprint density at radius 1 is 1.40 bits per heavy atom. The second-order valence-electron chi connectivity index (χ2n) is 5.64. The third-order valence-corrected chi connectivity index (χ3v) is 3.75. The molecular weight excluding hydrogens is 250 g/mol. The average molecular weight is 275 g/mol. The predicted molar refractivity (Wildman–Crippen MR) is 82.8 cm³/mol. The lowest BCUT2D eigenvalue weighted by Gasteiger charge is -2.27. The minimum Gasteiger partial charge on any atom is -0.326 e. The molecule has 0 saturated carbocycles. The van der Waals surface area contributed by atoms with Gasteiger partial charge in [0.2, 0.25) is 5.91 Å². The first-order valence-corrected chi connectivity index (χ1v) is 7.48. The second-order valence-corrected chi connectivity index (χ2v) is 5.64. The van der Waals surface area contributed by atoms with Crippen LogP contribution in [0.2, 0.25) is 0 Å². The molecule has 110 valence electrons. The van der Waals surface area contributed by atoms with Crippen LogP contribution in [0.4, 0.5) is 5.69 Å². The Balaban J connectivity index is 1.64. The van der Waals surface area contributed by atoms with Crippen molar-refractivity contribution in [1.29, 1.82) is 0 Å². The molecule has 1 aliphatic rings. The van der Waals surface area contributed by atoms with Crippen LogP contribution >= 0.6 is 0 Å². The molecule has 2 rings (SSSR count). The number of carbonyl (C=O) groups is 1. The third kappa shape index (κ3) is 5.31. The van der Waals surface area contributed by atoms with E-state index in [1.54, 1.807) is 0 Å². The molecule has 1 aliphatic heterocycles. The molecule has 1 amide bonds. The van der Waals surface area contributed by atoms with Crippen LogP contribution in [0.5, 0.6) is 0 Å². The fourth-order valence-electron chi connectivity index (χ4n) is 2.65. The first-order chi connectivity index (χ1) is 9.74. The lowest BCUT2D eigenvalue weighted by molar-refractivity contribution is -0.116. The minimum atomic E-state index is 0.0878. The van der Waals surface area contributed by atoms with Gasteiger partial charge in [-0.1, -0.05) is 18.2 Å². The molecule has 0 radical (unpaired) electrons. The summed E-state index contributed by atoms with van der Waals surface area (Å²) < 4.78 is 0. The zero-order valence-electron chi connectivity index (χ0n) is 12.3. The summed E-state index contributed by atoms with van der Waals surface area (Å²) in [5.74, 6) is 0.816. The molecule has 1 saturated heterocycles. The van der Waals surface area contributed by atoms with Gasteiger partial charge < -0.3 is 15.5 Å². The number of nitrogens with one attached hydrogen (secondary N) is 2. The molecule has 1 aromatic rings. The summed E-state index contributed by atoms with van der Waals surface area (Å²) in [6.45, 7) is 4.15. The Hall–Kier alpha value is -1.39. The average Bonchev–Trinajstić information content (AvgIpc) is 2.47. The van der Waals surface area contributed by atoms with Gasteiger partial charge in [0.15, 0.2) is 0 Å². The molecule has 0 spiro atoms. The Kier molecular flexibility index (Phi) is 6.02. The largest absolute Gasteiger partial charge is 0.326 e. The minimum absolute atomic E-state index is 0.0878. The van der Waals surface area contributed by atoms with Gasteiger partial charge in [-0.3, -0.25) is 4.79 Å². The molecule has 2 N–H and O–H groups in total. The first kappa shape index (κ1) is 15.0. The van der Waals surface area contributed by atoms with Crippen molar-refractivity contribution in [1.82, 2.24) is 10.2 Å². The van der Waals surface area contributed by atoms with Gasteiger partial charge in [0.25, 0.3) is 0 Å². The maximum atomic E-state index is 11.9. The molecule has 0 bridgehead atoms. The molecule has 1 heterocycles. The van der Waals surface area contributed by atoms with Gasteiger partial charge >= 0.3 is 0 Å². The van der Waals surface area contributed by atoms with Gasteiger partial charge in [-0.25, -0.2) is 0 Å². The summed E-state index contributed by atoms with van der Waals surface area (Å²) in [6.07, 6.45) is 3.12. The summed E-state index contributed by atoms with van der Waals surface area (Å²) in [7, 11) is 2.10. The Bertz CT molecular complexity index is 401.